The lowest BCUT2D eigenvalue weighted by Gasteiger charge is -2.01. The lowest BCUT2D eigenvalue weighted by Crippen LogP contribution is -1.97. The minimum Gasteiger partial charge on any atom is -0.478 e. The Morgan fingerprint density at radius 1 is 1.53 bits per heavy atom. The number of carbonyl (C=O) groups is 1. The number of allylic oxidation sites excluding steroid dienone is 1. The second kappa shape index (κ2) is 5.61. The number of benzene rings is 1. The van der Waals surface area contributed by atoms with Gasteiger partial charge in [-0.3, -0.25) is 0 Å². The molecule has 0 saturated heterocycles. The molecule has 1 aromatic carbocycles. The fourth-order valence-corrected chi connectivity index (χ4v) is 1.39. The van der Waals surface area contributed by atoms with E-state index in [4.69, 9.17) is 5.11 Å². The van der Waals surface area contributed by atoms with Crippen LogP contribution in [0.15, 0.2) is 24.3 Å². The summed E-state index contributed by atoms with van der Waals surface area (Å²) in [4.78, 5) is 10.8. The molecular formula is C12H14O2S. The van der Waals surface area contributed by atoms with E-state index in [1.165, 1.54) is 0 Å². The maximum Gasteiger partial charge on any atom is 0.335 e. The standard InChI is InChI=1S/C12H14O2S/c1-9-5-6-11(12(13)14)8-10(9)4-2-3-7-15/h2,4-6,8,15H,3,7H2,1H3,(H,13,14). The molecule has 0 aliphatic rings. The van der Waals surface area contributed by atoms with Crippen LogP contribution in [-0.4, -0.2) is 16.8 Å². The molecule has 0 radical (unpaired) electrons. The lowest BCUT2D eigenvalue weighted by atomic mass is 10.0. The van der Waals surface area contributed by atoms with Crippen molar-refractivity contribution in [2.75, 3.05) is 5.75 Å². The highest BCUT2D eigenvalue weighted by Crippen LogP contribution is 2.13. The number of carboxylic acids is 1. The quantitative estimate of drug-likeness (QED) is 0.768. The van der Waals surface area contributed by atoms with Gasteiger partial charge in [-0.2, -0.15) is 12.6 Å². The molecule has 15 heavy (non-hydrogen) atoms. The molecule has 3 heteroatoms. The van der Waals surface area contributed by atoms with Gasteiger partial charge in [-0.1, -0.05) is 18.2 Å². The number of hydrogen-bond donors (Lipinski definition) is 2. The van der Waals surface area contributed by atoms with Gasteiger partial charge in [0.05, 0.1) is 5.56 Å². The van der Waals surface area contributed by atoms with Gasteiger partial charge in [0.2, 0.25) is 0 Å². The van der Waals surface area contributed by atoms with Crippen molar-refractivity contribution >= 4 is 24.7 Å². The molecule has 0 bridgehead atoms. The maximum atomic E-state index is 10.8. The van der Waals surface area contributed by atoms with Crippen LogP contribution >= 0.6 is 12.6 Å². The molecule has 0 aromatic heterocycles. The van der Waals surface area contributed by atoms with Crippen LogP contribution < -0.4 is 0 Å². The highest BCUT2D eigenvalue weighted by atomic mass is 32.1. The summed E-state index contributed by atoms with van der Waals surface area (Å²) in [6, 6.07) is 5.13. The Morgan fingerprint density at radius 2 is 2.27 bits per heavy atom. The number of carboxylic acid groups (broad SMARTS) is 1. The van der Waals surface area contributed by atoms with Crippen molar-refractivity contribution in [3.8, 4) is 0 Å². The Balaban J connectivity index is 2.95. The highest BCUT2D eigenvalue weighted by Gasteiger charge is 2.03. The minimum atomic E-state index is -0.890. The summed E-state index contributed by atoms with van der Waals surface area (Å²) in [5.74, 6) is -0.0902. The first-order valence-corrected chi connectivity index (χ1v) is 5.39. The SMILES string of the molecule is Cc1ccc(C(=O)O)cc1C=CCCS. The van der Waals surface area contributed by atoms with Crippen molar-refractivity contribution in [3.05, 3.63) is 41.0 Å². The Morgan fingerprint density at radius 3 is 2.87 bits per heavy atom. The normalized spacial score (nSPS) is 10.8. The fraction of sp³-hybridized carbons (Fsp3) is 0.250. The van der Waals surface area contributed by atoms with E-state index in [0.29, 0.717) is 5.56 Å². The van der Waals surface area contributed by atoms with Crippen LogP contribution in [0, 0.1) is 6.92 Å². The molecule has 80 valence electrons. The zero-order chi connectivity index (χ0) is 11.3. The third-order valence-electron chi connectivity index (χ3n) is 2.12. The van der Waals surface area contributed by atoms with Crippen molar-refractivity contribution < 1.29 is 9.90 Å². The van der Waals surface area contributed by atoms with Gasteiger partial charge in [-0.25, -0.2) is 4.79 Å². The number of aromatic carboxylic acids is 1. The number of aryl methyl sites for hydroxylation is 1. The number of hydrogen-bond acceptors (Lipinski definition) is 2. The van der Waals surface area contributed by atoms with Crippen LogP contribution in [0.1, 0.15) is 27.9 Å². The third-order valence-corrected chi connectivity index (χ3v) is 2.38. The maximum absolute atomic E-state index is 10.8. The first-order valence-electron chi connectivity index (χ1n) is 4.76. The Labute approximate surface area is 95.0 Å². The van der Waals surface area contributed by atoms with Crippen LogP contribution in [-0.2, 0) is 0 Å². The van der Waals surface area contributed by atoms with Crippen molar-refractivity contribution in [2.24, 2.45) is 0 Å². The van der Waals surface area contributed by atoms with Crippen LogP contribution in [0.4, 0.5) is 0 Å². The zero-order valence-electron chi connectivity index (χ0n) is 8.60. The van der Waals surface area contributed by atoms with E-state index in [1.807, 2.05) is 25.1 Å². The van der Waals surface area contributed by atoms with Crippen molar-refractivity contribution in [3.63, 3.8) is 0 Å². The predicted molar refractivity (Wildman–Crippen MR) is 65.6 cm³/mol. The smallest absolute Gasteiger partial charge is 0.335 e. The monoisotopic (exact) mass is 222 g/mol. The molecule has 0 spiro atoms. The minimum absolute atomic E-state index is 0.325. The first-order chi connectivity index (χ1) is 7.15. The van der Waals surface area contributed by atoms with E-state index in [0.717, 1.165) is 23.3 Å². The van der Waals surface area contributed by atoms with Crippen molar-refractivity contribution in [1.29, 1.82) is 0 Å². The van der Waals surface area contributed by atoms with Crippen molar-refractivity contribution in [2.45, 2.75) is 13.3 Å². The fourth-order valence-electron chi connectivity index (χ4n) is 1.24. The second-order valence-electron chi connectivity index (χ2n) is 3.29. The summed E-state index contributed by atoms with van der Waals surface area (Å²) in [6.07, 6.45) is 4.83. The topological polar surface area (TPSA) is 37.3 Å². The molecule has 2 nitrogen and oxygen atoms in total. The van der Waals surface area contributed by atoms with Gasteiger partial charge >= 0.3 is 5.97 Å². The summed E-state index contributed by atoms with van der Waals surface area (Å²) < 4.78 is 0. The molecule has 0 aliphatic carbocycles. The molecule has 0 fully saturated rings. The van der Waals surface area contributed by atoms with Crippen LogP contribution in [0.2, 0.25) is 0 Å². The van der Waals surface area contributed by atoms with E-state index in [9.17, 15) is 4.79 Å². The molecule has 1 rings (SSSR count). The third kappa shape index (κ3) is 3.44. The largest absolute Gasteiger partial charge is 0.478 e. The van der Waals surface area contributed by atoms with E-state index < -0.39 is 5.97 Å². The summed E-state index contributed by atoms with van der Waals surface area (Å²) in [5, 5.41) is 8.84. The van der Waals surface area contributed by atoms with E-state index >= 15 is 0 Å². The molecule has 0 aliphatic heterocycles. The Kier molecular flexibility index (Phi) is 4.43. The molecule has 0 unspecified atom stereocenters. The Bertz CT molecular complexity index is 383. The van der Waals surface area contributed by atoms with E-state index in [-0.39, 0.29) is 0 Å². The molecule has 1 N–H and O–H groups in total. The first kappa shape index (κ1) is 11.9. The van der Waals surface area contributed by atoms with E-state index in [2.05, 4.69) is 12.6 Å². The summed E-state index contributed by atoms with van der Waals surface area (Å²) in [5.41, 5.74) is 2.36. The van der Waals surface area contributed by atoms with Gasteiger partial charge < -0.3 is 5.11 Å². The van der Waals surface area contributed by atoms with Crippen LogP contribution in [0.5, 0.6) is 0 Å². The summed E-state index contributed by atoms with van der Waals surface area (Å²) in [6.45, 7) is 1.96. The number of rotatable bonds is 4. The van der Waals surface area contributed by atoms with Crippen molar-refractivity contribution in [1.82, 2.24) is 0 Å². The molecule has 0 saturated carbocycles. The average Bonchev–Trinajstić information content (AvgIpc) is 2.20. The summed E-state index contributed by atoms with van der Waals surface area (Å²) >= 11 is 4.10. The molecule has 0 atom stereocenters. The second-order valence-corrected chi connectivity index (χ2v) is 3.74. The zero-order valence-corrected chi connectivity index (χ0v) is 9.50. The molecule has 0 amide bonds. The summed E-state index contributed by atoms with van der Waals surface area (Å²) in [7, 11) is 0. The van der Waals surface area contributed by atoms with E-state index in [1.54, 1.807) is 12.1 Å². The van der Waals surface area contributed by atoms with Gasteiger partial charge in [0.25, 0.3) is 0 Å². The molecule has 1 aromatic rings. The van der Waals surface area contributed by atoms with Crippen LogP contribution in [0.3, 0.4) is 0 Å². The predicted octanol–water partition coefficient (Wildman–Crippen LogP) is 3.03. The number of thiol groups is 1. The van der Waals surface area contributed by atoms with Gasteiger partial charge in [0, 0.05) is 0 Å². The van der Waals surface area contributed by atoms with Gasteiger partial charge in [-0.15, -0.1) is 0 Å². The van der Waals surface area contributed by atoms with Gasteiger partial charge in [-0.05, 0) is 42.4 Å². The van der Waals surface area contributed by atoms with Gasteiger partial charge in [0.15, 0.2) is 0 Å². The highest BCUT2D eigenvalue weighted by molar-refractivity contribution is 7.80. The van der Waals surface area contributed by atoms with Gasteiger partial charge in [0.1, 0.15) is 0 Å². The van der Waals surface area contributed by atoms with Crippen LogP contribution in [0.25, 0.3) is 6.08 Å². The lowest BCUT2D eigenvalue weighted by molar-refractivity contribution is 0.0697. The molecule has 0 heterocycles. The molecular weight excluding hydrogens is 208 g/mol. The average molecular weight is 222 g/mol. The Hall–Kier alpha value is -1.22.